The highest BCUT2D eigenvalue weighted by molar-refractivity contribution is 5.96. The summed E-state index contributed by atoms with van der Waals surface area (Å²) in [5.41, 5.74) is 7.75. The fraction of sp³-hybridized carbons (Fsp3) is 0.0400. The molecule has 8 nitrogen and oxygen atoms in total. The van der Waals surface area contributed by atoms with Crippen molar-refractivity contribution in [3.8, 4) is 11.3 Å². The number of carbonyl (C=O) groups is 2. The smallest absolute Gasteiger partial charge is 0.287 e. The van der Waals surface area contributed by atoms with Crippen molar-refractivity contribution in [1.29, 1.82) is 0 Å². The van der Waals surface area contributed by atoms with E-state index in [9.17, 15) is 14.4 Å². The van der Waals surface area contributed by atoms with Crippen LogP contribution in [0.1, 0.15) is 10.5 Å². The Hall–Kier alpha value is -4.72. The summed E-state index contributed by atoms with van der Waals surface area (Å²) in [6.07, 6.45) is 0. The topological polar surface area (TPSA) is 109 Å². The predicted molar refractivity (Wildman–Crippen MR) is 125 cm³/mol. The van der Waals surface area contributed by atoms with Crippen molar-refractivity contribution >= 4 is 33.6 Å². The molecular weight excluding hydrogens is 418 g/mol. The fourth-order valence-corrected chi connectivity index (χ4v) is 3.82. The zero-order valence-corrected chi connectivity index (χ0v) is 17.4. The Bertz CT molecular complexity index is 1490. The Morgan fingerprint density at radius 2 is 1.42 bits per heavy atom. The maximum Gasteiger partial charge on any atom is 0.287 e. The van der Waals surface area contributed by atoms with Crippen LogP contribution in [-0.2, 0) is 11.3 Å². The lowest BCUT2D eigenvalue weighted by Gasteiger charge is -2.15. The summed E-state index contributed by atoms with van der Waals surface area (Å²) in [7, 11) is 0. The van der Waals surface area contributed by atoms with Crippen LogP contribution >= 0.6 is 0 Å². The van der Waals surface area contributed by atoms with Gasteiger partial charge in [0.15, 0.2) is 5.43 Å². The summed E-state index contributed by atoms with van der Waals surface area (Å²) in [5, 5.41) is 7.88. The number of fused-ring (bicyclic) bond motifs is 2. The van der Waals surface area contributed by atoms with Gasteiger partial charge in [0.25, 0.3) is 11.8 Å². The number of carbonyl (C=O) groups excluding carboxylic acids is 2. The second-order valence-corrected chi connectivity index (χ2v) is 7.48. The third-order valence-corrected chi connectivity index (χ3v) is 5.39. The average Bonchev–Trinajstić information content (AvgIpc) is 3.36. The van der Waals surface area contributed by atoms with E-state index < -0.39 is 11.8 Å². The number of aromatic nitrogens is 3. The zero-order valence-electron chi connectivity index (χ0n) is 17.4. The Morgan fingerprint density at radius 3 is 2.09 bits per heavy atom. The van der Waals surface area contributed by atoms with Crippen molar-refractivity contribution < 1.29 is 9.59 Å². The van der Waals surface area contributed by atoms with E-state index in [4.69, 9.17) is 0 Å². The lowest BCUT2D eigenvalue weighted by molar-refractivity contribution is -0.122. The molecule has 3 N–H and O–H groups in total. The van der Waals surface area contributed by atoms with Crippen LogP contribution in [0.15, 0.2) is 89.7 Å². The van der Waals surface area contributed by atoms with Gasteiger partial charge in [-0.15, -0.1) is 0 Å². The summed E-state index contributed by atoms with van der Waals surface area (Å²) < 4.78 is 1.76. The molecule has 0 radical (unpaired) electrons. The molecule has 2 amide bonds. The van der Waals surface area contributed by atoms with Crippen LogP contribution in [0.25, 0.3) is 33.1 Å². The van der Waals surface area contributed by atoms with Gasteiger partial charge in [0.1, 0.15) is 12.2 Å². The molecule has 0 fully saturated rings. The SMILES string of the molecule is O=C(Cn1c2ccccc2c(=O)c2ccccc21)NNC(=O)c1cc(-c2ccccc2)n[nH]1. The van der Waals surface area contributed by atoms with E-state index in [1.54, 1.807) is 47.0 Å². The van der Waals surface area contributed by atoms with Gasteiger partial charge < -0.3 is 4.57 Å². The minimum Gasteiger partial charge on any atom is -0.331 e. The Labute approximate surface area is 187 Å². The molecule has 0 unspecified atom stereocenters. The second-order valence-electron chi connectivity index (χ2n) is 7.48. The molecule has 5 rings (SSSR count). The molecule has 0 aliphatic carbocycles. The number of nitrogens with zero attached hydrogens (tertiary/aromatic N) is 2. The molecule has 162 valence electrons. The molecule has 0 aliphatic heterocycles. The molecule has 33 heavy (non-hydrogen) atoms. The first-order chi connectivity index (χ1) is 16.1. The van der Waals surface area contributed by atoms with E-state index in [1.165, 1.54) is 0 Å². The average molecular weight is 437 g/mol. The first kappa shape index (κ1) is 20.2. The van der Waals surface area contributed by atoms with Gasteiger partial charge in [-0.25, -0.2) is 0 Å². The zero-order chi connectivity index (χ0) is 22.8. The summed E-state index contributed by atoms with van der Waals surface area (Å²) in [6, 6.07) is 25.3. The van der Waals surface area contributed by atoms with Crippen LogP contribution < -0.4 is 16.3 Å². The number of aromatic amines is 1. The second kappa shape index (κ2) is 8.43. The Kier molecular flexibility index (Phi) is 5.16. The normalized spacial score (nSPS) is 10.9. The largest absolute Gasteiger partial charge is 0.331 e. The first-order valence-electron chi connectivity index (χ1n) is 10.3. The molecule has 3 aromatic carbocycles. The lowest BCUT2D eigenvalue weighted by Crippen LogP contribution is -2.43. The third-order valence-electron chi connectivity index (χ3n) is 5.39. The maximum absolute atomic E-state index is 12.8. The van der Waals surface area contributed by atoms with Crippen molar-refractivity contribution in [3.05, 3.63) is 101 Å². The van der Waals surface area contributed by atoms with Gasteiger partial charge in [-0.1, -0.05) is 54.6 Å². The number of H-pyrrole nitrogens is 1. The number of hydrogen-bond acceptors (Lipinski definition) is 4. The highest BCUT2D eigenvalue weighted by atomic mass is 16.2. The van der Waals surface area contributed by atoms with Gasteiger partial charge in [0.2, 0.25) is 0 Å². The standard InChI is InChI=1S/C25H19N5O3/c31-23(28-29-25(33)20-14-19(26-27-20)16-8-2-1-3-9-16)15-30-21-12-6-4-10-17(21)24(32)18-11-5-7-13-22(18)30/h1-14H,15H2,(H,26,27)(H,28,31)(H,29,33). The van der Waals surface area contributed by atoms with Crippen LogP contribution in [0.3, 0.4) is 0 Å². The first-order valence-corrected chi connectivity index (χ1v) is 10.3. The maximum atomic E-state index is 12.8. The van der Waals surface area contributed by atoms with E-state index in [0.717, 1.165) is 5.56 Å². The number of nitrogens with one attached hydrogen (secondary N) is 3. The van der Waals surface area contributed by atoms with E-state index in [0.29, 0.717) is 27.5 Å². The lowest BCUT2D eigenvalue weighted by atomic mass is 10.1. The molecule has 5 aromatic rings. The van der Waals surface area contributed by atoms with Crippen LogP contribution in [0, 0.1) is 0 Å². The number of amides is 2. The highest BCUT2D eigenvalue weighted by Gasteiger charge is 2.15. The van der Waals surface area contributed by atoms with Crippen molar-refractivity contribution in [2.45, 2.75) is 6.54 Å². The van der Waals surface area contributed by atoms with Gasteiger partial charge in [-0.3, -0.25) is 30.3 Å². The van der Waals surface area contributed by atoms with E-state index in [1.807, 2.05) is 42.5 Å². The van der Waals surface area contributed by atoms with Crippen molar-refractivity contribution in [2.75, 3.05) is 0 Å². The van der Waals surface area contributed by atoms with Gasteiger partial charge in [0.05, 0.1) is 16.7 Å². The molecule has 0 spiro atoms. The monoisotopic (exact) mass is 437 g/mol. The quantitative estimate of drug-likeness (QED) is 0.297. The fourth-order valence-electron chi connectivity index (χ4n) is 3.82. The van der Waals surface area contributed by atoms with Gasteiger partial charge in [-0.05, 0) is 30.3 Å². The van der Waals surface area contributed by atoms with E-state index in [-0.39, 0.29) is 17.7 Å². The molecule has 0 atom stereocenters. The van der Waals surface area contributed by atoms with Crippen molar-refractivity contribution in [3.63, 3.8) is 0 Å². The van der Waals surface area contributed by atoms with Crippen LogP contribution in [0.4, 0.5) is 0 Å². The van der Waals surface area contributed by atoms with Crippen LogP contribution in [0.5, 0.6) is 0 Å². The van der Waals surface area contributed by atoms with Gasteiger partial charge in [-0.2, -0.15) is 5.10 Å². The Morgan fingerprint density at radius 1 is 0.818 bits per heavy atom. The highest BCUT2D eigenvalue weighted by Crippen LogP contribution is 2.19. The summed E-state index contributed by atoms with van der Waals surface area (Å²) in [5.74, 6) is -0.960. The number of pyridine rings is 1. The third kappa shape index (κ3) is 3.85. The van der Waals surface area contributed by atoms with Crippen molar-refractivity contribution in [1.82, 2.24) is 25.6 Å². The molecule has 0 saturated carbocycles. The molecule has 0 saturated heterocycles. The number of rotatable bonds is 4. The number of benzene rings is 3. The number of hydrazine groups is 1. The molecule has 2 heterocycles. The van der Waals surface area contributed by atoms with Crippen molar-refractivity contribution in [2.24, 2.45) is 0 Å². The Balaban J connectivity index is 1.35. The molecule has 0 aliphatic rings. The van der Waals surface area contributed by atoms with E-state index in [2.05, 4.69) is 21.0 Å². The van der Waals surface area contributed by atoms with Gasteiger partial charge >= 0.3 is 0 Å². The summed E-state index contributed by atoms with van der Waals surface area (Å²) >= 11 is 0. The minimum atomic E-state index is -0.521. The number of hydrogen-bond donors (Lipinski definition) is 3. The molecule has 8 heteroatoms. The van der Waals surface area contributed by atoms with E-state index >= 15 is 0 Å². The van der Waals surface area contributed by atoms with Crippen LogP contribution in [0.2, 0.25) is 0 Å². The molecular formula is C25H19N5O3. The minimum absolute atomic E-state index is 0.0835. The predicted octanol–water partition coefficient (Wildman–Crippen LogP) is 3.01. The number of para-hydroxylation sites is 2. The van der Waals surface area contributed by atoms with Gasteiger partial charge in [0, 0.05) is 16.3 Å². The molecule has 0 bridgehead atoms. The summed E-state index contributed by atoms with van der Waals surface area (Å²) in [6.45, 7) is -0.0835. The molecule has 2 aromatic heterocycles. The van der Waals surface area contributed by atoms with Crippen LogP contribution in [-0.4, -0.2) is 26.6 Å². The summed E-state index contributed by atoms with van der Waals surface area (Å²) in [4.78, 5) is 38.0.